The summed E-state index contributed by atoms with van der Waals surface area (Å²) in [6, 6.07) is 26.6. The van der Waals surface area contributed by atoms with Gasteiger partial charge in [-0.05, 0) is 29.8 Å². The van der Waals surface area contributed by atoms with E-state index in [1.54, 1.807) is 0 Å². The summed E-state index contributed by atoms with van der Waals surface area (Å²) in [6.07, 6.45) is -0.601. The maximum atomic E-state index is 12.4. The third-order valence-electron chi connectivity index (χ3n) is 3.97. The Kier molecular flexibility index (Phi) is 3.85. The number of rotatable bonds is 5. The summed E-state index contributed by atoms with van der Waals surface area (Å²) in [6.45, 7) is 0. The molecular weight excluding hydrogens is 300 g/mol. The van der Waals surface area contributed by atoms with Crippen LogP contribution in [0.2, 0.25) is 0 Å². The molecule has 1 heterocycles. The van der Waals surface area contributed by atoms with Crippen molar-refractivity contribution in [3.05, 3.63) is 96.1 Å². The van der Waals surface area contributed by atoms with Crippen LogP contribution in [0.1, 0.15) is 22.0 Å². The van der Waals surface area contributed by atoms with Gasteiger partial charge in [0, 0.05) is 5.56 Å². The highest BCUT2D eigenvalue weighted by Gasteiger charge is 2.46. The van der Waals surface area contributed by atoms with Gasteiger partial charge < -0.3 is 9.47 Å². The molecule has 0 aromatic heterocycles. The third-order valence-corrected chi connectivity index (χ3v) is 3.97. The van der Waals surface area contributed by atoms with Gasteiger partial charge in [-0.2, -0.15) is 0 Å². The number of carbonyl (C=O) groups excluding carboxylic acids is 1. The van der Waals surface area contributed by atoms with Crippen LogP contribution >= 0.6 is 0 Å². The van der Waals surface area contributed by atoms with Gasteiger partial charge in [0.25, 0.3) is 0 Å². The quantitative estimate of drug-likeness (QED) is 0.501. The first kappa shape index (κ1) is 14.7. The van der Waals surface area contributed by atoms with E-state index in [-0.39, 0.29) is 11.9 Å². The van der Waals surface area contributed by atoms with Crippen molar-refractivity contribution >= 4 is 5.78 Å². The minimum Gasteiger partial charge on any atom is -0.457 e. The van der Waals surface area contributed by atoms with E-state index in [0.717, 1.165) is 17.1 Å². The van der Waals surface area contributed by atoms with Gasteiger partial charge in [-0.25, -0.2) is 0 Å². The summed E-state index contributed by atoms with van der Waals surface area (Å²) in [4.78, 5) is 12.4. The van der Waals surface area contributed by atoms with E-state index >= 15 is 0 Å². The molecule has 0 saturated carbocycles. The average Bonchev–Trinajstić information content (AvgIpc) is 3.44. The Labute approximate surface area is 140 Å². The van der Waals surface area contributed by atoms with E-state index in [1.807, 2.05) is 84.9 Å². The summed E-state index contributed by atoms with van der Waals surface area (Å²) in [5.74, 6) is 1.54. The summed E-state index contributed by atoms with van der Waals surface area (Å²) in [7, 11) is 0. The minimum absolute atomic E-state index is 0.0231. The van der Waals surface area contributed by atoms with Crippen molar-refractivity contribution in [1.82, 2.24) is 0 Å². The molecule has 0 radical (unpaired) electrons. The van der Waals surface area contributed by atoms with Crippen molar-refractivity contribution in [1.29, 1.82) is 0 Å². The smallest absolute Gasteiger partial charge is 0.194 e. The van der Waals surface area contributed by atoms with Gasteiger partial charge in [-0.3, -0.25) is 4.79 Å². The lowest BCUT2D eigenvalue weighted by Gasteiger charge is -2.06. The Morgan fingerprint density at radius 3 is 2.21 bits per heavy atom. The van der Waals surface area contributed by atoms with E-state index < -0.39 is 6.10 Å². The minimum atomic E-state index is -0.403. The lowest BCUT2D eigenvalue weighted by atomic mass is 10.0. The van der Waals surface area contributed by atoms with Gasteiger partial charge in [0.1, 0.15) is 17.6 Å². The lowest BCUT2D eigenvalue weighted by Crippen LogP contribution is -2.07. The molecule has 0 spiro atoms. The Morgan fingerprint density at radius 2 is 1.46 bits per heavy atom. The fourth-order valence-corrected chi connectivity index (χ4v) is 2.71. The zero-order valence-corrected chi connectivity index (χ0v) is 13.0. The molecule has 0 aliphatic carbocycles. The molecule has 118 valence electrons. The van der Waals surface area contributed by atoms with E-state index in [4.69, 9.17) is 9.47 Å². The zero-order valence-electron chi connectivity index (χ0n) is 13.0. The molecule has 3 nitrogen and oxygen atoms in total. The molecule has 3 aromatic rings. The summed E-state index contributed by atoms with van der Waals surface area (Å²) in [5.41, 5.74) is 1.64. The molecule has 3 aromatic carbocycles. The number of carbonyl (C=O) groups is 1. The molecule has 3 heteroatoms. The number of hydrogen-bond acceptors (Lipinski definition) is 3. The number of ether oxygens (including phenoxy) is 2. The monoisotopic (exact) mass is 316 g/mol. The van der Waals surface area contributed by atoms with Crippen molar-refractivity contribution in [3.8, 4) is 11.5 Å². The van der Waals surface area contributed by atoms with Crippen LogP contribution in [-0.2, 0) is 4.74 Å². The number of ketones is 1. The van der Waals surface area contributed by atoms with Gasteiger partial charge in [-0.1, -0.05) is 60.7 Å². The second-order valence-electron chi connectivity index (χ2n) is 5.70. The van der Waals surface area contributed by atoms with Crippen LogP contribution in [0.5, 0.6) is 11.5 Å². The molecule has 0 bridgehead atoms. The summed E-state index contributed by atoms with van der Waals surface area (Å²) < 4.78 is 11.5. The zero-order chi connectivity index (χ0) is 16.4. The number of epoxide rings is 1. The average molecular weight is 316 g/mol. The Hall–Kier alpha value is -2.91. The Morgan fingerprint density at radius 1 is 0.792 bits per heavy atom. The van der Waals surface area contributed by atoms with Crippen LogP contribution in [0, 0.1) is 0 Å². The molecular formula is C21H16O3. The van der Waals surface area contributed by atoms with Crippen LogP contribution in [0.3, 0.4) is 0 Å². The molecule has 0 amide bonds. The first-order valence-electron chi connectivity index (χ1n) is 7.89. The van der Waals surface area contributed by atoms with Crippen molar-refractivity contribution in [3.63, 3.8) is 0 Å². The molecule has 1 fully saturated rings. The fraction of sp³-hybridized carbons (Fsp3) is 0.0952. The number of benzene rings is 3. The lowest BCUT2D eigenvalue weighted by molar-refractivity contribution is 0.0953. The van der Waals surface area contributed by atoms with Gasteiger partial charge in [0.05, 0.1) is 0 Å². The van der Waals surface area contributed by atoms with Crippen molar-refractivity contribution in [2.24, 2.45) is 0 Å². The fourth-order valence-electron chi connectivity index (χ4n) is 2.71. The predicted octanol–water partition coefficient (Wildman–Crippen LogP) is 4.80. The standard InChI is InChI=1S/C21H16O3/c22-19(15-8-3-1-4-9-15)21-20(24-21)16-10-7-13-18(14-16)23-17-11-5-2-6-12-17/h1-14,20-21H/t20-,21+/m1/s1. The number of Topliss-reactive ketones (excluding diaryl/α,β-unsaturated/α-hetero) is 1. The SMILES string of the molecule is O=C(c1ccccc1)[C@@H]1O[C@@H]1c1cccc(Oc2ccccc2)c1. The molecule has 1 saturated heterocycles. The maximum Gasteiger partial charge on any atom is 0.194 e. The third kappa shape index (κ3) is 3.07. The van der Waals surface area contributed by atoms with E-state index in [2.05, 4.69) is 0 Å². The second kappa shape index (κ2) is 6.30. The Bertz CT molecular complexity index is 843. The molecule has 24 heavy (non-hydrogen) atoms. The van der Waals surface area contributed by atoms with Gasteiger partial charge >= 0.3 is 0 Å². The van der Waals surface area contributed by atoms with Crippen molar-refractivity contribution < 1.29 is 14.3 Å². The highest BCUT2D eigenvalue weighted by atomic mass is 16.6. The normalized spacial score (nSPS) is 18.8. The maximum absolute atomic E-state index is 12.4. The largest absolute Gasteiger partial charge is 0.457 e. The number of para-hydroxylation sites is 1. The summed E-state index contributed by atoms with van der Waals surface area (Å²) >= 11 is 0. The first-order chi connectivity index (χ1) is 11.8. The van der Waals surface area contributed by atoms with Crippen LogP contribution < -0.4 is 4.74 Å². The van der Waals surface area contributed by atoms with Crippen LogP contribution in [0.15, 0.2) is 84.9 Å². The van der Waals surface area contributed by atoms with E-state index in [9.17, 15) is 4.79 Å². The molecule has 1 aliphatic heterocycles. The van der Waals surface area contributed by atoms with Crippen molar-refractivity contribution in [2.75, 3.05) is 0 Å². The van der Waals surface area contributed by atoms with Crippen LogP contribution in [0.4, 0.5) is 0 Å². The van der Waals surface area contributed by atoms with Crippen molar-refractivity contribution in [2.45, 2.75) is 12.2 Å². The summed E-state index contributed by atoms with van der Waals surface area (Å²) in [5, 5.41) is 0. The van der Waals surface area contributed by atoms with Crippen LogP contribution in [0.25, 0.3) is 0 Å². The van der Waals surface area contributed by atoms with E-state index in [1.165, 1.54) is 0 Å². The highest BCUT2D eigenvalue weighted by Crippen LogP contribution is 2.41. The van der Waals surface area contributed by atoms with E-state index in [0.29, 0.717) is 5.56 Å². The topological polar surface area (TPSA) is 38.8 Å². The van der Waals surface area contributed by atoms with Crippen LogP contribution in [-0.4, -0.2) is 11.9 Å². The Balaban J connectivity index is 1.48. The molecule has 2 atom stereocenters. The second-order valence-corrected chi connectivity index (χ2v) is 5.70. The molecule has 0 unspecified atom stereocenters. The van der Waals surface area contributed by atoms with Gasteiger partial charge in [0.15, 0.2) is 11.9 Å². The van der Waals surface area contributed by atoms with Gasteiger partial charge in [-0.15, -0.1) is 0 Å². The molecule has 1 aliphatic rings. The number of hydrogen-bond donors (Lipinski definition) is 0. The first-order valence-corrected chi connectivity index (χ1v) is 7.89. The highest BCUT2D eigenvalue weighted by molar-refractivity contribution is 6.01. The predicted molar refractivity (Wildman–Crippen MR) is 91.3 cm³/mol. The van der Waals surface area contributed by atoms with Gasteiger partial charge in [0.2, 0.25) is 0 Å². The molecule has 4 rings (SSSR count). The molecule has 0 N–H and O–H groups in total.